The van der Waals surface area contributed by atoms with Gasteiger partial charge in [-0.1, -0.05) is 67.5 Å². The van der Waals surface area contributed by atoms with E-state index >= 15 is 0 Å². The molecule has 0 bridgehead atoms. The van der Waals surface area contributed by atoms with Crippen molar-refractivity contribution in [2.24, 2.45) is 5.41 Å². The number of allylic oxidation sites excluding steroid dienone is 9. The van der Waals surface area contributed by atoms with Crippen LogP contribution in [0.5, 0.6) is 0 Å². The molecule has 0 radical (unpaired) electrons. The van der Waals surface area contributed by atoms with Crippen molar-refractivity contribution in [3.05, 3.63) is 71.4 Å². The molecule has 1 aliphatic carbocycles. The van der Waals surface area contributed by atoms with Crippen LogP contribution in [0.25, 0.3) is 0 Å². The van der Waals surface area contributed by atoms with Crippen molar-refractivity contribution >= 4 is 5.78 Å². The summed E-state index contributed by atoms with van der Waals surface area (Å²) in [6.45, 7) is 14.2. The number of carbonyl (C=O) groups excluding carboxylic acids is 1. The molecule has 0 aromatic heterocycles. The summed E-state index contributed by atoms with van der Waals surface area (Å²) >= 11 is 0. The van der Waals surface area contributed by atoms with E-state index < -0.39 is 6.10 Å². The first kappa shape index (κ1) is 21.1. The van der Waals surface area contributed by atoms with Crippen molar-refractivity contribution in [3.63, 3.8) is 0 Å². The quantitative estimate of drug-likeness (QED) is 0.481. The maximum Gasteiger partial charge on any atom is 0.187 e. The van der Waals surface area contributed by atoms with E-state index in [1.165, 1.54) is 36.5 Å². The SMILES string of the molecule is C=CC(=O)C(O)C=C(C)C=CC=C(C)C=CC1=C(C)CCCC1(C)C. The average molecular weight is 341 g/mol. The van der Waals surface area contributed by atoms with Gasteiger partial charge in [-0.05, 0) is 63.2 Å². The molecule has 1 atom stereocenters. The number of rotatable bonds is 7. The van der Waals surface area contributed by atoms with Crippen LogP contribution in [-0.2, 0) is 4.79 Å². The number of ketones is 1. The van der Waals surface area contributed by atoms with E-state index in [-0.39, 0.29) is 11.2 Å². The first-order valence-corrected chi connectivity index (χ1v) is 8.93. The van der Waals surface area contributed by atoms with Crippen molar-refractivity contribution in [1.29, 1.82) is 0 Å². The Hall–Kier alpha value is -1.93. The van der Waals surface area contributed by atoms with Crippen LogP contribution in [0, 0.1) is 5.41 Å². The molecule has 1 rings (SSSR count). The van der Waals surface area contributed by atoms with Crippen molar-refractivity contribution in [2.45, 2.75) is 60.0 Å². The van der Waals surface area contributed by atoms with E-state index in [9.17, 15) is 9.90 Å². The van der Waals surface area contributed by atoms with Gasteiger partial charge in [-0.25, -0.2) is 0 Å². The third-order valence-electron chi connectivity index (χ3n) is 4.69. The number of aliphatic hydroxyl groups excluding tert-OH is 1. The predicted octanol–water partition coefficient (Wildman–Crippen LogP) is 5.63. The average Bonchev–Trinajstić information content (AvgIpc) is 2.52. The fraction of sp³-hybridized carbons (Fsp3) is 0.435. The Bertz CT molecular complexity index is 652. The summed E-state index contributed by atoms with van der Waals surface area (Å²) in [5, 5.41) is 9.64. The largest absolute Gasteiger partial charge is 0.381 e. The highest BCUT2D eigenvalue weighted by molar-refractivity contribution is 5.94. The minimum atomic E-state index is -1.12. The molecule has 1 unspecified atom stereocenters. The Balaban J connectivity index is 2.77. The highest BCUT2D eigenvalue weighted by Crippen LogP contribution is 2.40. The molecule has 0 amide bonds. The first-order chi connectivity index (χ1) is 11.7. The maximum absolute atomic E-state index is 11.3. The topological polar surface area (TPSA) is 37.3 Å². The third-order valence-corrected chi connectivity index (χ3v) is 4.69. The molecule has 136 valence electrons. The molecule has 0 saturated carbocycles. The van der Waals surface area contributed by atoms with Crippen LogP contribution in [0.3, 0.4) is 0 Å². The zero-order chi connectivity index (χ0) is 19.0. The summed E-state index contributed by atoms with van der Waals surface area (Å²) in [4.78, 5) is 11.3. The van der Waals surface area contributed by atoms with E-state index in [1.807, 2.05) is 25.2 Å². The second kappa shape index (κ2) is 9.53. The molecule has 0 saturated heterocycles. The Morgan fingerprint density at radius 2 is 1.92 bits per heavy atom. The standard InChI is InChI=1S/C23H32O2/c1-7-21(24)22(25)16-18(3)11-8-10-17(2)13-14-20-19(4)12-9-15-23(20,5)6/h7-8,10-11,13-14,16,22,25H,1,9,12,15H2,2-6H3. The Morgan fingerprint density at radius 1 is 1.24 bits per heavy atom. The smallest absolute Gasteiger partial charge is 0.187 e. The molecule has 0 aliphatic heterocycles. The van der Waals surface area contributed by atoms with Crippen LogP contribution in [0.2, 0.25) is 0 Å². The second-order valence-corrected chi connectivity index (χ2v) is 7.50. The van der Waals surface area contributed by atoms with Gasteiger partial charge in [0.2, 0.25) is 0 Å². The fourth-order valence-electron chi connectivity index (χ4n) is 3.14. The number of hydrogen-bond donors (Lipinski definition) is 1. The summed E-state index contributed by atoms with van der Waals surface area (Å²) in [6, 6.07) is 0. The molecule has 2 heteroatoms. The van der Waals surface area contributed by atoms with Crippen molar-refractivity contribution < 1.29 is 9.90 Å². The maximum atomic E-state index is 11.3. The molecule has 0 aromatic rings. The van der Waals surface area contributed by atoms with Gasteiger partial charge in [0, 0.05) is 0 Å². The van der Waals surface area contributed by atoms with Gasteiger partial charge in [-0.3, -0.25) is 4.79 Å². The van der Waals surface area contributed by atoms with Gasteiger partial charge in [0.15, 0.2) is 5.78 Å². The Labute approximate surface area is 153 Å². The fourth-order valence-corrected chi connectivity index (χ4v) is 3.14. The van der Waals surface area contributed by atoms with Gasteiger partial charge in [0.25, 0.3) is 0 Å². The summed E-state index contributed by atoms with van der Waals surface area (Å²) < 4.78 is 0. The lowest BCUT2D eigenvalue weighted by Gasteiger charge is -2.32. The van der Waals surface area contributed by atoms with Crippen LogP contribution in [-0.4, -0.2) is 17.0 Å². The zero-order valence-corrected chi connectivity index (χ0v) is 16.3. The van der Waals surface area contributed by atoms with Gasteiger partial charge in [-0.2, -0.15) is 0 Å². The van der Waals surface area contributed by atoms with Gasteiger partial charge in [0.05, 0.1) is 0 Å². The number of aliphatic hydroxyl groups is 1. The second-order valence-electron chi connectivity index (χ2n) is 7.50. The monoisotopic (exact) mass is 340 g/mol. The van der Waals surface area contributed by atoms with Gasteiger partial charge < -0.3 is 5.11 Å². The van der Waals surface area contributed by atoms with Crippen molar-refractivity contribution in [1.82, 2.24) is 0 Å². The molecular formula is C23H32O2. The minimum Gasteiger partial charge on any atom is -0.381 e. The minimum absolute atomic E-state index is 0.252. The molecule has 25 heavy (non-hydrogen) atoms. The molecular weight excluding hydrogens is 308 g/mol. The number of hydrogen-bond acceptors (Lipinski definition) is 2. The van der Waals surface area contributed by atoms with Gasteiger partial charge in [0.1, 0.15) is 6.10 Å². The van der Waals surface area contributed by atoms with Crippen molar-refractivity contribution in [3.8, 4) is 0 Å². The van der Waals surface area contributed by atoms with E-state index in [0.29, 0.717) is 0 Å². The van der Waals surface area contributed by atoms with Gasteiger partial charge in [-0.15, -0.1) is 0 Å². The number of carbonyl (C=O) groups is 1. The normalized spacial score (nSPS) is 20.4. The summed E-state index contributed by atoms with van der Waals surface area (Å²) in [5.74, 6) is -0.388. The lowest BCUT2D eigenvalue weighted by atomic mass is 9.72. The lowest BCUT2D eigenvalue weighted by Crippen LogP contribution is -2.19. The predicted molar refractivity (Wildman–Crippen MR) is 107 cm³/mol. The first-order valence-electron chi connectivity index (χ1n) is 8.93. The van der Waals surface area contributed by atoms with E-state index in [0.717, 1.165) is 17.2 Å². The highest BCUT2D eigenvalue weighted by Gasteiger charge is 2.26. The van der Waals surface area contributed by atoms with E-state index in [1.54, 1.807) is 0 Å². The van der Waals surface area contributed by atoms with Crippen LogP contribution in [0.4, 0.5) is 0 Å². The molecule has 1 aliphatic rings. The van der Waals surface area contributed by atoms with Crippen LogP contribution >= 0.6 is 0 Å². The van der Waals surface area contributed by atoms with Gasteiger partial charge >= 0.3 is 0 Å². The van der Waals surface area contributed by atoms with Crippen molar-refractivity contribution in [2.75, 3.05) is 0 Å². The molecule has 2 nitrogen and oxygen atoms in total. The third kappa shape index (κ3) is 6.83. The molecule has 0 heterocycles. The summed E-state index contributed by atoms with van der Waals surface area (Å²) in [6.07, 6.45) is 15.5. The zero-order valence-electron chi connectivity index (χ0n) is 16.3. The van der Waals surface area contributed by atoms with Crippen LogP contribution in [0.1, 0.15) is 53.9 Å². The Morgan fingerprint density at radius 3 is 2.52 bits per heavy atom. The molecule has 0 fully saturated rings. The Kier molecular flexibility index (Phi) is 8.05. The lowest BCUT2D eigenvalue weighted by molar-refractivity contribution is -0.120. The molecule has 1 N–H and O–H groups in total. The summed E-state index contributed by atoms with van der Waals surface area (Å²) in [7, 11) is 0. The molecule has 0 aromatic carbocycles. The molecule has 0 spiro atoms. The van der Waals surface area contributed by atoms with E-state index in [4.69, 9.17) is 0 Å². The summed E-state index contributed by atoms with van der Waals surface area (Å²) in [5.41, 5.74) is 5.20. The van der Waals surface area contributed by atoms with Crippen LogP contribution < -0.4 is 0 Å². The van der Waals surface area contributed by atoms with Crippen LogP contribution in [0.15, 0.2) is 71.4 Å². The highest BCUT2D eigenvalue weighted by atomic mass is 16.3. The van der Waals surface area contributed by atoms with E-state index in [2.05, 4.69) is 46.4 Å².